The first kappa shape index (κ1) is 20.7. The molecule has 1 heterocycles. The fourth-order valence-electron chi connectivity index (χ4n) is 3.39. The molecule has 0 fully saturated rings. The minimum Gasteiger partial charge on any atom is -0.336 e. The summed E-state index contributed by atoms with van der Waals surface area (Å²) in [5.74, 6) is 0.0441. The Hall–Kier alpha value is -2.99. The highest BCUT2D eigenvalue weighted by molar-refractivity contribution is 6.04. The summed E-state index contributed by atoms with van der Waals surface area (Å²) in [6.07, 6.45) is 0.732. The number of hydrogen-bond donors (Lipinski definition) is 1. The first-order valence-corrected chi connectivity index (χ1v) is 10.0. The third kappa shape index (κ3) is 4.90. The summed E-state index contributed by atoms with van der Waals surface area (Å²) in [5, 5.41) is 5.57. The van der Waals surface area contributed by atoms with Gasteiger partial charge in [-0.15, -0.1) is 0 Å². The predicted molar refractivity (Wildman–Crippen MR) is 116 cm³/mol. The Kier molecular flexibility index (Phi) is 6.77. The number of aromatic nitrogens is 2. The van der Waals surface area contributed by atoms with Crippen molar-refractivity contribution in [3.05, 3.63) is 76.2 Å². The zero-order chi connectivity index (χ0) is 20.8. The molecule has 2 N–H and O–H groups in total. The van der Waals surface area contributed by atoms with Crippen LogP contribution in [0.25, 0.3) is 10.8 Å². The molecule has 0 aliphatic rings. The van der Waals surface area contributed by atoms with Crippen LogP contribution in [0.2, 0.25) is 0 Å². The normalized spacial score (nSPS) is 11.2. The van der Waals surface area contributed by atoms with Crippen LogP contribution in [0.1, 0.15) is 29.9 Å². The molecule has 1 aromatic heterocycles. The molecule has 0 atom stereocenters. The van der Waals surface area contributed by atoms with Gasteiger partial charge in [0.15, 0.2) is 5.69 Å². The number of amides is 1. The Balaban J connectivity index is 1.98. The van der Waals surface area contributed by atoms with Gasteiger partial charge in [-0.3, -0.25) is 9.59 Å². The van der Waals surface area contributed by atoms with Crippen LogP contribution in [-0.4, -0.2) is 40.2 Å². The number of nitrogens with zero attached hydrogens (tertiary/aromatic N) is 3. The minimum atomic E-state index is -0.194. The number of carbonyl (C=O) groups is 1. The highest BCUT2D eigenvalue weighted by Crippen LogP contribution is 2.16. The van der Waals surface area contributed by atoms with Crippen LogP contribution in [0.3, 0.4) is 0 Å². The molecule has 0 unspecified atom stereocenters. The lowest BCUT2D eigenvalue weighted by molar-refractivity contribution is 0.0755. The molecule has 0 radical (unpaired) electrons. The van der Waals surface area contributed by atoms with E-state index in [1.54, 1.807) is 17.0 Å². The molecule has 152 valence electrons. The molecule has 0 bridgehead atoms. The van der Waals surface area contributed by atoms with Crippen LogP contribution in [0.4, 0.5) is 0 Å². The Morgan fingerprint density at radius 1 is 1.03 bits per heavy atom. The van der Waals surface area contributed by atoms with E-state index in [0.29, 0.717) is 42.6 Å². The molecule has 3 rings (SSSR count). The van der Waals surface area contributed by atoms with Crippen molar-refractivity contribution in [3.63, 3.8) is 0 Å². The molecule has 29 heavy (non-hydrogen) atoms. The van der Waals surface area contributed by atoms with Crippen LogP contribution in [0.15, 0.2) is 59.4 Å². The van der Waals surface area contributed by atoms with Gasteiger partial charge in [0.2, 0.25) is 0 Å². The molecule has 3 aromatic rings. The molecule has 1 amide bonds. The van der Waals surface area contributed by atoms with E-state index in [-0.39, 0.29) is 17.4 Å². The molecular weight excluding hydrogens is 364 g/mol. The standard InChI is InChI=1S/C23H28N4O2/c1-17(2)16-27-22(28)20-11-7-6-10-19(20)21(25-27)23(29)26(15-13-24)14-12-18-8-4-3-5-9-18/h3-11,17H,12-16,24H2,1-2H3. The number of nitrogens with two attached hydrogens (primary N) is 1. The van der Waals surface area contributed by atoms with Crippen molar-refractivity contribution < 1.29 is 4.79 Å². The number of carbonyl (C=O) groups excluding carboxylic acids is 1. The van der Waals surface area contributed by atoms with Crippen LogP contribution in [0.5, 0.6) is 0 Å². The lowest BCUT2D eigenvalue weighted by atomic mass is 10.1. The molecule has 0 saturated carbocycles. The SMILES string of the molecule is CC(C)Cn1nc(C(=O)N(CCN)CCc2ccccc2)c2ccccc2c1=O. The number of fused-ring (bicyclic) bond motifs is 1. The Labute approximate surface area is 170 Å². The van der Waals surface area contributed by atoms with Crippen molar-refractivity contribution in [1.82, 2.24) is 14.7 Å². The van der Waals surface area contributed by atoms with Crippen molar-refractivity contribution in [1.29, 1.82) is 0 Å². The fourth-order valence-corrected chi connectivity index (χ4v) is 3.39. The average molecular weight is 393 g/mol. The molecule has 0 saturated heterocycles. The van der Waals surface area contributed by atoms with Gasteiger partial charge in [0, 0.05) is 31.6 Å². The topological polar surface area (TPSA) is 81.2 Å². The van der Waals surface area contributed by atoms with Gasteiger partial charge in [-0.2, -0.15) is 5.10 Å². The van der Waals surface area contributed by atoms with Gasteiger partial charge in [0.25, 0.3) is 11.5 Å². The number of hydrogen-bond acceptors (Lipinski definition) is 4. The van der Waals surface area contributed by atoms with Crippen molar-refractivity contribution >= 4 is 16.7 Å². The molecule has 2 aromatic carbocycles. The first-order valence-electron chi connectivity index (χ1n) is 10.0. The van der Waals surface area contributed by atoms with Crippen molar-refractivity contribution in [2.24, 2.45) is 11.7 Å². The van der Waals surface area contributed by atoms with E-state index in [2.05, 4.69) is 5.10 Å². The number of rotatable bonds is 8. The zero-order valence-electron chi connectivity index (χ0n) is 17.0. The van der Waals surface area contributed by atoms with Crippen LogP contribution in [-0.2, 0) is 13.0 Å². The van der Waals surface area contributed by atoms with E-state index >= 15 is 0 Å². The highest BCUT2D eigenvalue weighted by atomic mass is 16.2. The molecular formula is C23H28N4O2. The van der Waals surface area contributed by atoms with Crippen LogP contribution < -0.4 is 11.3 Å². The highest BCUT2D eigenvalue weighted by Gasteiger charge is 2.22. The van der Waals surface area contributed by atoms with E-state index in [9.17, 15) is 9.59 Å². The average Bonchev–Trinajstić information content (AvgIpc) is 2.73. The number of benzene rings is 2. The van der Waals surface area contributed by atoms with Crippen LogP contribution in [0, 0.1) is 5.92 Å². The minimum absolute atomic E-state index is 0.166. The van der Waals surface area contributed by atoms with Gasteiger partial charge >= 0.3 is 0 Å². The molecule has 0 spiro atoms. The van der Waals surface area contributed by atoms with Crippen LogP contribution >= 0.6 is 0 Å². The second-order valence-corrected chi connectivity index (χ2v) is 7.59. The summed E-state index contributed by atoms with van der Waals surface area (Å²) in [5.41, 5.74) is 7.08. The van der Waals surface area contributed by atoms with E-state index in [1.165, 1.54) is 4.68 Å². The Bertz CT molecular complexity index is 1030. The third-order valence-corrected chi connectivity index (χ3v) is 4.81. The molecule has 6 heteroatoms. The smallest absolute Gasteiger partial charge is 0.275 e. The monoisotopic (exact) mass is 392 g/mol. The Morgan fingerprint density at radius 2 is 1.69 bits per heavy atom. The van der Waals surface area contributed by atoms with Crippen molar-refractivity contribution in [2.75, 3.05) is 19.6 Å². The summed E-state index contributed by atoms with van der Waals surface area (Å²) >= 11 is 0. The second kappa shape index (κ2) is 9.47. The second-order valence-electron chi connectivity index (χ2n) is 7.59. The zero-order valence-corrected chi connectivity index (χ0v) is 17.0. The van der Waals surface area contributed by atoms with Gasteiger partial charge in [-0.25, -0.2) is 4.68 Å². The molecule has 0 aliphatic heterocycles. The quantitative estimate of drug-likeness (QED) is 0.639. The van der Waals surface area contributed by atoms with Crippen molar-refractivity contribution in [2.45, 2.75) is 26.8 Å². The lowest BCUT2D eigenvalue weighted by Gasteiger charge is -2.23. The maximum absolute atomic E-state index is 13.4. The van der Waals surface area contributed by atoms with E-state index in [4.69, 9.17) is 5.73 Å². The Morgan fingerprint density at radius 3 is 2.34 bits per heavy atom. The summed E-state index contributed by atoms with van der Waals surface area (Å²) in [6, 6.07) is 17.2. The predicted octanol–water partition coefficient (Wildman–Crippen LogP) is 2.70. The maximum Gasteiger partial charge on any atom is 0.275 e. The fraction of sp³-hybridized carbons (Fsp3) is 0.348. The van der Waals surface area contributed by atoms with Gasteiger partial charge in [-0.1, -0.05) is 62.4 Å². The van der Waals surface area contributed by atoms with Crippen molar-refractivity contribution in [3.8, 4) is 0 Å². The third-order valence-electron chi connectivity index (χ3n) is 4.81. The van der Waals surface area contributed by atoms with Gasteiger partial charge < -0.3 is 10.6 Å². The van der Waals surface area contributed by atoms with E-state index < -0.39 is 0 Å². The summed E-state index contributed by atoms with van der Waals surface area (Å²) in [6.45, 7) is 5.84. The lowest BCUT2D eigenvalue weighted by Crippen LogP contribution is -2.39. The summed E-state index contributed by atoms with van der Waals surface area (Å²) in [7, 11) is 0. The summed E-state index contributed by atoms with van der Waals surface area (Å²) in [4.78, 5) is 27.9. The molecule has 6 nitrogen and oxygen atoms in total. The van der Waals surface area contributed by atoms with Gasteiger partial charge in [0.05, 0.1) is 5.39 Å². The van der Waals surface area contributed by atoms with Gasteiger partial charge in [-0.05, 0) is 24.0 Å². The largest absolute Gasteiger partial charge is 0.336 e. The summed E-state index contributed by atoms with van der Waals surface area (Å²) < 4.78 is 1.41. The maximum atomic E-state index is 13.4. The first-order chi connectivity index (χ1) is 14.0. The molecule has 0 aliphatic carbocycles. The van der Waals surface area contributed by atoms with Gasteiger partial charge in [0.1, 0.15) is 0 Å². The van der Waals surface area contributed by atoms with E-state index in [0.717, 1.165) is 12.0 Å². The van der Waals surface area contributed by atoms with E-state index in [1.807, 2.05) is 56.3 Å².